The average molecular weight is 335 g/mol. The van der Waals surface area contributed by atoms with Crippen LogP contribution in [-0.4, -0.2) is 40.2 Å². The van der Waals surface area contributed by atoms with Crippen molar-refractivity contribution in [1.29, 1.82) is 0 Å². The van der Waals surface area contributed by atoms with Gasteiger partial charge in [0, 0.05) is 12.5 Å². The SMILES string of the molecule is CS(=O)(=O)CCn1cc(Nc2ncnc3cccc(F)c23)cn1. The minimum atomic E-state index is -3.06. The Labute approximate surface area is 132 Å². The fourth-order valence-corrected chi connectivity index (χ4v) is 2.63. The van der Waals surface area contributed by atoms with Crippen molar-refractivity contribution in [3.63, 3.8) is 0 Å². The van der Waals surface area contributed by atoms with Crippen LogP contribution in [0.5, 0.6) is 0 Å². The minimum absolute atomic E-state index is 0.000808. The molecule has 7 nitrogen and oxygen atoms in total. The number of aromatic nitrogens is 4. The van der Waals surface area contributed by atoms with E-state index in [9.17, 15) is 12.8 Å². The first-order valence-corrected chi connectivity index (χ1v) is 8.85. The molecule has 0 spiro atoms. The number of aryl methyl sites for hydroxylation is 1. The molecule has 0 bridgehead atoms. The first kappa shape index (κ1) is 15.3. The van der Waals surface area contributed by atoms with Crippen LogP contribution in [-0.2, 0) is 16.4 Å². The Bertz CT molecular complexity index is 949. The van der Waals surface area contributed by atoms with Crippen LogP contribution >= 0.6 is 0 Å². The van der Waals surface area contributed by atoms with Gasteiger partial charge in [-0.3, -0.25) is 4.68 Å². The highest BCUT2D eigenvalue weighted by Crippen LogP contribution is 2.24. The summed E-state index contributed by atoms with van der Waals surface area (Å²) in [6.45, 7) is 0.249. The molecule has 2 aromatic heterocycles. The first-order chi connectivity index (χ1) is 10.9. The maximum Gasteiger partial charge on any atom is 0.149 e. The van der Waals surface area contributed by atoms with Crippen LogP contribution in [0.4, 0.5) is 15.9 Å². The zero-order valence-electron chi connectivity index (χ0n) is 12.3. The number of fused-ring (bicyclic) bond motifs is 1. The molecule has 1 N–H and O–H groups in total. The summed E-state index contributed by atoms with van der Waals surface area (Å²) in [4.78, 5) is 8.09. The summed E-state index contributed by atoms with van der Waals surface area (Å²) in [5.74, 6) is -0.0926. The van der Waals surface area contributed by atoms with Crippen LogP contribution < -0.4 is 5.32 Å². The van der Waals surface area contributed by atoms with Gasteiger partial charge in [0.25, 0.3) is 0 Å². The molecule has 3 aromatic rings. The van der Waals surface area contributed by atoms with Gasteiger partial charge in [-0.1, -0.05) is 6.07 Å². The number of sulfone groups is 1. The average Bonchev–Trinajstić information content (AvgIpc) is 2.92. The monoisotopic (exact) mass is 335 g/mol. The standard InChI is InChI=1S/C14H14FN5O2S/c1-23(21,22)6-5-20-8-10(7-18-20)19-14-13-11(15)3-2-4-12(13)16-9-17-14/h2-4,7-9H,5-6H2,1H3,(H,16,17,19). The second kappa shape index (κ2) is 5.92. The lowest BCUT2D eigenvalue weighted by molar-refractivity contribution is 0.586. The van der Waals surface area contributed by atoms with Crippen LogP contribution in [0.3, 0.4) is 0 Å². The van der Waals surface area contributed by atoms with E-state index in [-0.39, 0.29) is 12.3 Å². The normalized spacial score (nSPS) is 11.7. The summed E-state index contributed by atoms with van der Waals surface area (Å²) in [6.07, 6.45) is 5.68. The number of halogens is 1. The van der Waals surface area contributed by atoms with Gasteiger partial charge in [0.1, 0.15) is 27.8 Å². The van der Waals surface area contributed by atoms with Crippen molar-refractivity contribution in [3.05, 3.63) is 42.7 Å². The predicted molar refractivity (Wildman–Crippen MR) is 84.7 cm³/mol. The molecule has 0 radical (unpaired) electrons. The Morgan fingerprint density at radius 2 is 2.13 bits per heavy atom. The quantitative estimate of drug-likeness (QED) is 0.764. The van der Waals surface area contributed by atoms with Gasteiger partial charge < -0.3 is 5.32 Å². The van der Waals surface area contributed by atoms with E-state index in [1.807, 2.05) is 0 Å². The highest BCUT2D eigenvalue weighted by atomic mass is 32.2. The zero-order valence-corrected chi connectivity index (χ0v) is 13.1. The zero-order chi connectivity index (χ0) is 16.4. The maximum absolute atomic E-state index is 14.0. The van der Waals surface area contributed by atoms with Crippen LogP contribution in [0.25, 0.3) is 10.9 Å². The Hall–Kier alpha value is -2.55. The van der Waals surface area contributed by atoms with Gasteiger partial charge in [0.15, 0.2) is 0 Å². The van der Waals surface area contributed by atoms with Crippen molar-refractivity contribution in [2.24, 2.45) is 0 Å². The molecule has 0 saturated carbocycles. The Kier molecular flexibility index (Phi) is 3.95. The smallest absolute Gasteiger partial charge is 0.149 e. The summed E-state index contributed by atoms with van der Waals surface area (Å²) in [5, 5.41) is 7.34. The van der Waals surface area contributed by atoms with Crippen molar-refractivity contribution < 1.29 is 12.8 Å². The predicted octanol–water partition coefficient (Wildman–Crippen LogP) is 1.75. The maximum atomic E-state index is 14.0. The third kappa shape index (κ3) is 3.62. The summed E-state index contributed by atoms with van der Waals surface area (Å²) >= 11 is 0. The Morgan fingerprint density at radius 1 is 1.30 bits per heavy atom. The molecule has 0 aliphatic heterocycles. The van der Waals surface area contributed by atoms with Gasteiger partial charge in [-0.05, 0) is 12.1 Å². The largest absolute Gasteiger partial charge is 0.337 e. The first-order valence-electron chi connectivity index (χ1n) is 6.79. The molecular formula is C14H14FN5O2S. The molecule has 120 valence electrons. The van der Waals surface area contributed by atoms with Gasteiger partial charge in [-0.2, -0.15) is 5.10 Å². The molecule has 1 aromatic carbocycles. The van der Waals surface area contributed by atoms with E-state index in [2.05, 4.69) is 20.4 Å². The number of hydrogen-bond acceptors (Lipinski definition) is 6. The molecule has 2 heterocycles. The van der Waals surface area contributed by atoms with Crippen LogP contribution in [0, 0.1) is 5.82 Å². The summed E-state index contributed by atoms with van der Waals surface area (Å²) in [5.41, 5.74) is 1.08. The van der Waals surface area contributed by atoms with Crippen LogP contribution in [0.15, 0.2) is 36.9 Å². The van der Waals surface area contributed by atoms with Gasteiger partial charge in [-0.15, -0.1) is 0 Å². The Morgan fingerprint density at radius 3 is 2.91 bits per heavy atom. The van der Waals surface area contributed by atoms with Crippen molar-refractivity contribution >= 4 is 32.2 Å². The molecule has 9 heteroatoms. The summed E-state index contributed by atoms with van der Waals surface area (Å²) in [7, 11) is -3.06. The van der Waals surface area contributed by atoms with Gasteiger partial charge >= 0.3 is 0 Å². The second-order valence-electron chi connectivity index (χ2n) is 5.10. The lowest BCUT2D eigenvalue weighted by Gasteiger charge is -2.06. The number of nitrogens with zero attached hydrogens (tertiary/aromatic N) is 4. The fraction of sp³-hybridized carbons (Fsp3) is 0.214. The molecule has 0 atom stereocenters. The van der Waals surface area contributed by atoms with E-state index in [0.29, 0.717) is 22.4 Å². The summed E-state index contributed by atoms with van der Waals surface area (Å²) in [6, 6.07) is 4.62. The van der Waals surface area contributed by atoms with Gasteiger partial charge in [0.2, 0.25) is 0 Å². The highest BCUT2D eigenvalue weighted by molar-refractivity contribution is 7.90. The van der Waals surface area contributed by atoms with Crippen LogP contribution in [0.2, 0.25) is 0 Å². The fourth-order valence-electron chi connectivity index (χ4n) is 2.11. The lowest BCUT2D eigenvalue weighted by atomic mass is 10.2. The molecule has 0 unspecified atom stereocenters. The highest BCUT2D eigenvalue weighted by Gasteiger charge is 2.10. The van der Waals surface area contributed by atoms with Crippen LogP contribution in [0.1, 0.15) is 0 Å². The number of anilines is 2. The van der Waals surface area contributed by atoms with E-state index in [0.717, 1.165) is 0 Å². The topological polar surface area (TPSA) is 89.8 Å². The molecule has 0 aliphatic rings. The van der Waals surface area contributed by atoms with Crippen molar-refractivity contribution in [2.45, 2.75) is 6.54 Å². The third-order valence-electron chi connectivity index (χ3n) is 3.20. The van der Waals surface area contributed by atoms with E-state index in [4.69, 9.17) is 0 Å². The van der Waals surface area contributed by atoms with Gasteiger partial charge in [-0.25, -0.2) is 22.8 Å². The summed E-state index contributed by atoms with van der Waals surface area (Å²) < 4.78 is 37.8. The minimum Gasteiger partial charge on any atom is -0.337 e. The van der Waals surface area contributed by atoms with E-state index < -0.39 is 15.7 Å². The van der Waals surface area contributed by atoms with Crippen molar-refractivity contribution in [1.82, 2.24) is 19.7 Å². The molecule has 0 aliphatic carbocycles. The number of hydrogen-bond donors (Lipinski definition) is 1. The van der Waals surface area contributed by atoms with E-state index >= 15 is 0 Å². The molecule has 23 heavy (non-hydrogen) atoms. The molecular weight excluding hydrogens is 321 g/mol. The second-order valence-corrected chi connectivity index (χ2v) is 7.36. The van der Waals surface area contributed by atoms with Crippen molar-refractivity contribution in [2.75, 3.05) is 17.3 Å². The Balaban J connectivity index is 1.84. The number of rotatable bonds is 5. The number of nitrogens with one attached hydrogen (secondary N) is 1. The molecule has 0 fully saturated rings. The van der Waals surface area contributed by atoms with Gasteiger partial charge in [0.05, 0.1) is 35.1 Å². The molecule has 3 rings (SSSR count). The third-order valence-corrected chi connectivity index (χ3v) is 4.12. The van der Waals surface area contributed by atoms with E-state index in [1.54, 1.807) is 18.3 Å². The molecule has 0 amide bonds. The molecule has 0 saturated heterocycles. The van der Waals surface area contributed by atoms with Crippen molar-refractivity contribution in [3.8, 4) is 0 Å². The lowest BCUT2D eigenvalue weighted by Crippen LogP contribution is -2.11. The number of benzene rings is 1. The van der Waals surface area contributed by atoms with E-state index in [1.165, 1.54) is 29.5 Å².